The molecule has 22 heavy (non-hydrogen) atoms. The maximum absolute atomic E-state index is 12.0. The van der Waals surface area contributed by atoms with E-state index in [9.17, 15) is 14.4 Å². The average molecular weight is 304 g/mol. The summed E-state index contributed by atoms with van der Waals surface area (Å²) in [5.74, 6) is -0.496. The lowest BCUT2D eigenvalue weighted by atomic mass is 10.1. The number of fused-ring (bicyclic) bond motifs is 1. The van der Waals surface area contributed by atoms with Crippen LogP contribution < -0.4 is 11.0 Å². The van der Waals surface area contributed by atoms with E-state index in [2.05, 4.69) is 27.2 Å². The van der Waals surface area contributed by atoms with Crippen LogP contribution in [0.4, 0.5) is 0 Å². The summed E-state index contributed by atoms with van der Waals surface area (Å²) in [4.78, 5) is 39.1. The first-order chi connectivity index (χ1) is 10.4. The number of carbonyl (C=O) groups is 2. The number of hydrogen-bond acceptors (Lipinski definition) is 6. The van der Waals surface area contributed by atoms with Crippen molar-refractivity contribution in [2.24, 2.45) is 7.05 Å². The molecule has 116 valence electrons. The molecule has 2 heterocycles. The lowest BCUT2D eigenvalue weighted by molar-refractivity contribution is -0.115. The Labute approximate surface area is 125 Å². The first-order valence-electron chi connectivity index (χ1n) is 6.65. The Kier molecular flexibility index (Phi) is 4.44. The summed E-state index contributed by atoms with van der Waals surface area (Å²) in [5, 5.41) is 10.0. The molecule has 0 spiro atoms. The number of aryl methyl sites for hydroxylation is 1. The fourth-order valence-corrected chi connectivity index (χ4v) is 1.79. The van der Waals surface area contributed by atoms with Crippen LogP contribution in [0.1, 0.15) is 30.3 Å². The second-order valence-corrected chi connectivity index (χ2v) is 4.85. The number of aromatic nitrogens is 5. The lowest BCUT2D eigenvalue weighted by Gasteiger charge is -2.03. The van der Waals surface area contributed by atoms with Gasteiger partial charge in [-0.05, 0) is 18.9 Å². The zero-order valence-electron chi connectivity index (χ0n) is 12.4. The third-order valence-electron chi connectivity index (χ3n) is 3.06. The Morgan fingerprint density at radius 1 is 1.41 bits per heavy atom. The molecule has 2 aromatic heterocycles. The van der Waals surface area contributed by atoms with Gasteiger partial charge in [-0.2, -0.15) is 4.68 Å². The van der Waals surface area contributed by atoms with E-state index in [4.69, 9.17) is 0 Å². The van der Waals surface area contributed by atoms with Crippen molar-refractivity contribution in [2.45, 2.75) is 19.8 Å². The van der Waals surface area contributed by atoms with Crippen LogP contribution in [0, 0.1) is 0 Å². The highest BCUT2D eigenvalue weighted by Crippen LogP contribution is 2.03. The maximum atomic E-state index is 12.0. The van der Waals surface area contributed by atoms with Crippen LogP contribution in [0.15, 0.2) is 23.3 Å². The Balaban J connectivity index is 2.02. The third-order valence-corrected chi connectivity index (χ3v) is 3.06. The summed E-state index contributed by atoms with van der Waals surface area (Å²) < 4.78 is 2.19. The van der Waals surface area contributed by atoms with Crippen LogP contribution in [0.5, 0.6) is 0 Å². The molecule has 1 amide bonds. The van der Waals surface area contributed by atoms with Gasteiger partial charge in [0.25, 0.3) is 5.91 Å². The minimum absolute atomic E-state index is 0.0245. The van der Waals surface area contributed by atoms with Crippen molar-refractivity contribution in [3.8, 4) is 0 Å². The fourth-order valence-electron chi connectivity index (χ4n) is 1.79. The van der Waals surface area contributed by atoms with Gasteiger partial charge in [0.2, 0.25) is 0 Å². The fraction of sp³-hybridized carbons (Fsp3) is 0.385. The maximum Gasteiger partial charge on any atom is 0.352 e. The molecule has 0 saturated carbocycles. The van der Waals surface area contributed by atoms with E-state index >= 15 is 0 Å². The lowest BCUT2D eigenvalue weighted by Crippen LogP contribution is -2.29. The molecular weight excluding hydrogens is 288 g/mol. The predicted octanol–water partition coefficient (Wildman–Crippen LogP) is -0.522. The van der Waals surface area contributed by atoms with Gasteiger partial charge in [0.15, 0.2) is 17.1 Å². The highest BCUT2D eigenvalue weighted by molar-refractivity contribution is 5.98. The minimum Gasteiger partial charge on any atom is -0.351 e. The number of amides is 1. The molecule has 0 unspecified atom stereocenters. The quantitative estimate of drug-likeness (QED) is 0.567. The first kappa shape index (κ1) is 15.5. The van der Waals surface area contributed by atoms with Gasteiger partial charge in [-0.1, -0.05) is 11.8 Å². The highest BCUT2D eigenvalue weighted by atomic mass is 16.2. The molecule has 0 aliphatic carbocycles. The summed E-state index contributed by atoms with van der Waals surface area (Å²) in [5.41, 5.74) is 0.177. The smallest absolute Gasteiger partial charge is 0.351 e. The topological polar surface area (TPSA) is 111 Å². The summed E-state index contributed by atoms with van der Waals surface area (Å²) in [7, 11) is 1.45. The molecule has 9 nitrogen and oxygen atoms in total. The van der Waals surface area contributed by atoms with Gasteiger partial charge in [-0.25, -0.2) is 14.2 Å². The molecule has 0 saturated heterocycles. The number of Topliss-reactive ketones (excluding diaryl/α,β-unsaturated/α-hetero) is 1. The Hall–Kier alpha value is -2.84. The zero-order chi connectivity index (χ0) is 16.3. The molecular formula is C13H16N6O3. The summed E-state index contributed by atoms with van der Waals surface area (Å²) >= 11 is 0. The second-order valence-electron chi connectivity index (χ2n) is 4.85. The van der Waals surface area contributed by atoms with Crippen molar-refractivity contribution in [1.29, 1.82) is 0 Å². The van der Waals surface area contributed by atoms with E-state index in [1.54, 1.807) is 6.92 Å². The summed E-state index contributed by atoms with van der Waals surface area (Å²) in [6, 6.07) is 0. The molecule has 0 aliphatic heterocycles. The number of imidazole rings is 1. The van der Waals surface area contributed by atoms with Crippen molar-refractivity contribution in [3.63, 3.8) is 0 Å². The van der Waals surface area contributed by atoms with Gasteiger partial charge in [0, 0.05) is 20.0 Å². The Morgan fingerprint density at radius 3 is 2.82 bits per heavy atom. The number of hydrogen-bond donors (Lipinski definition) is 1. The minimum atomic E-state index is -0.465. The van der Waals surface area contributed by atoms with Crippen LogP contribution in [-0.4, -0.2) is 42.6 Å². The highest BCUT2D eigenvalue weighted by Gasteiger charge is 2.16. The van der Waals surface area contributed by atoms with Gasteiger partial charge < -0.3 is 5.32 Å². The predicted molar refractivity (Wildman–Crippen MR) is 77.4 cm³/mol. The van der Waals surface area contributed by atoms with E-state index in [0.29, 0.717) is 25.0 Å². The zero-order valence-corrected chi connectivity index (χ0v) is 12.4. The molecule has 1 N–H and O–H groups in total. The third kappa shape index (κ3) is 3.08. The molecule has 0 fully saturated rings. The first-order valence-corrected chi connectivity index (χ1v) is 6.65. The average Bonchev–Trinajstić information content (AvgIpc) is 2.91. The van der Waals surface area contributed by atoms with Gasteiger partial charge in [0.1, 0.15) is 6.33 Å². The van der Waals surface area contributed by atoms with E-state index in [-0.39, 0.29) is 17.1 Å². The van der Waals surface area contributed by atoms with Crippen molar-refractivity contribution < 1.29 is 9.59 Å². The van der Waals surface area contributed by atoms with Gasteiger partial charge in [0.05, 0.1) is 0 Å². The van der Waals surface area contributed by atoms with Gasteiger partial charge in [-0.15, -0.1) is 5.10 Å². The SMILES string of the molecule is C=C(C)C(=O)CCCNC(=O)c1ncn2c(=O)n(C)nnc12. The van der Waals surface area contributed by atoms with Crippen LogP contribution in [0.2, 0.25) is 0 Å². The number of nitrogens with one attached hydrogen (secondary N) is 1. The summed E-state index contributed by atoms with van der Waals surface area (Å²) in [6.07, 6.45) is 2.04. The molecule has 0 aromatic carbocycles. The van der Waals surface area contributed by atoms with Crippen molar-refractivity contribution in [1.82, 2.24) is 29.7 Å². The Bertz CT molecular complexity index is 804. The van der Waals surface area contributed by atoms with Crippen molar-refractivity contribution >= 4 is 17.3 Å². The van der Waals surface area contributed by atoms with Crippen molar-refractivity contribution in [2.75, 3.05) is 6.54 Å². The number of allylic oxidation sites excluding steroid dienone is 1. The molecule has 0 atom stereocenters. The molecule has 9 heteroatoms. The van der Waals surface area contributed by atoms with E-state index in [1.165, 1.54) is 13.4 Å². The normalized spacial score (nSPS) is 10.6. The van der Waals surface area contributed by atoms with Gasteiger partial charge >= 0.3 is 5.69 Å². The van der Waals surface area contributed by atoms with Crippen LogP contribution in [0.25, 0.3) is 5.65 Å². The van der Waals surface area contributed by atoms with Crippen LogP contribution in [0.3, 0.4) is 0 Å². The van der Waals surface area contributed by atoms with Crippen LogP contribution >= 0.6 is 0 Å². The molecule has 0 radical (unpaired) electrons. The molecule has 0 aliphatic rings. The molecule has 2 aromatic rings. The van der Waals surface area contributed by atoms with Crippen LogP contribution in [-0.2, 0) is 11.8 Å². The number of carbonyl (C=O) groups excluding carboxylic acids is 2. The Morgan fingerprint density at radius 2 is 2.14 bits per heavy atom. The van der Waals surface area contributed by atoms with E-state index in [1.807, 2.05) is 0 Å². The van der Waals surface area contributed by atoms with E-state index in [0.717, 1.165) is 9.08 Å². The molecule has 0 bridgehead atoms. The van der Waals surface area contributed by atoms with E-state index < -0.39 is 11.6 Å². The second kappa shape index (κ2) is 6.29. The number of rotatable bonds is 6. The number of ketones is 1. The molecule has 2 rings (SSSR count). The summed E-state index contributed by atoms with van der Waals surface area (Å²) in [6.45, 7) is 5.53. The largest absolute Gasteiger partial charge is 0.352 e. The monoisotopic (exact) mass is 304 g/mol. The number of nitrogens with zero attached hydrogens (tertiary/aromatic N) is 5. The standard InChI is InChI=1S/C13H16N6O3/c1-8(2)9(20)5-4-6-14-12(21)10-11-16-17-18(3)13(22)19(11)7-15-10/h7H,1,4-6H2,2-3H3,(H,14,21). The van der Waals surface area contributed by atoms with Gasteiger partial charge in [-0.3, -0.25) is 9.59 Å². The van der Waals surface area contributed by atoms with Crippen molar-refractivity contribution in [3.05, 3.63) is 34.7 Å².